The average Bonchev–Trinajstić information content (AvgIpc) is 2.49. The van der Waals surface area contributed by atoms with Gasteiger partial charge in [-0.1, -0.05) is 24.3 Å². The number of ether oxygens (including phenoxy) is 1. The Bertz CT molecular complexity index is 714. The molecule has 0 unspecified atom stereocenters. The quantitative estimate of drug-likeness (QED) is 0.653. The summed E-state index contributed by atoms with van der Waals surface area (Å²) in [6, 6.07) is 8.30. The fourth-order valence-corrected chi connectivity index (χ4v) is 2.34. The van der Waals surface area contributed by atoms with Gasteiger partial charge in [-0.15, -0.1) is 0 Å². The maximum absolute atomic E-state index is 11.6. The molecule has 7 nitrogen and oxygen atoms in total. The van der Waals surface area contributed by atoms with Gasteiger partial charge in [-0.05, 0) is 12.3 Å². The van der Waals surface area contributed by atoms with E-state index in [1.54, 1.807) is 31.2 Å². The maximum Gasteiger partial charge on any atom is 0.411 e. The minimum Gasteiger partial charge on any atom is -0.450 e. The Kier molecular flexibility index (Phi) is 4.90. The standard InChI is InChI=1S/C15H16N2O5/c1-2-22-15(19)16-13-9-14(17(20)21)12(7-8-18)10-5-3-4-6-11(10)13/h3-6,9,18H,2,7-8H2,1H3,(H,16,19). The van der Waals surface area contributed by atoms with E-state index < -0.39 is 11.0 Å². The number of aliphatic hydroxyl groups excluding tert-OH is 1. The minimum atomic E-state index is -0.670. The van der Waals surface area contributed by atoms with Crippen LogP contribution < -0.4 is 5.32 Å². The molecular formula is C15H16N2O5. The van der Waals surface area contributed by atoms with Gasteiger partial charge in [0.05, 0.1) is 17.2 Å². The predicted octanol–water partition coefficient (Wildman–Crippen LogP) is 2.85. The van der Waals surface area contributed by atoms with E-state index >= 15 is 0 Å². The normalized spacial score (nSPS) is 10.5. The fraction of sp³-hybridized carbons (Fsp3) is 0.267. The van der Waals surface area contributed by atoms with Crippen LogP contribution in [0.5, 0.6) is 0 Å². The van der Waals surface area contributed by atoms with Crippen LogP contribution in [0, 0.1) is 10.1 Å². The van der Waals surface area contributed by atoms with E-state index in [0.717, 1.165) is 0 Å². The predicted molar refractivity (Wildman–Crippen MR) is 82.0 cm³/mol. The Morgan fingerprint density at radius 1 is 1.36 bits per heavy atom. The van der Waals surface area contributed by atoms with Crippen LogP contribution in [-0.4, -0.2) is 29.3 Å². The Balaban J connectivity index is 2.64. The highest BCUT2D eigenvalue weighted by Gasteiger charge is 2.20. The summed E-state index contributed by atoms with van der Waals surface area (Å²) in [6.07, 6.45) is -0.506. The molecule has 7 heteroatoms. The van der Waals surface area contributed by atoms with E-state index in [1.807, 2.05) is 0 Å². The number of amides is 1. The lowest BCUT2D eigenvalue weighted by atomic mass is 9.98. The van der Waals surface area contributed by atoms with Crippen molar-refractivity contribution in [3.8, 4) is 0 Å². The first-order valence-corrected chi connectivity index (χ1v) is 6.82. The van der Waals surface area contributed by atoms with Gasteiger partial charge in [-0.3, -0.25) is 15.4 Å². The number of carbonyl (C=O) groups is 1. The molecule has 2 aromatic carbocycles. The van der Waals surface area contributed by atoms with E-state index in [9.17, 15) is 14.9 Å². The first-order valence-electron chi connectivity index (χ1n) is 6.82. The van der Waals surface area contributed by atoms with Gasteiger partial charge in [0.2, 0.25) is 0 Å². The molecule has 0 radical (unpaired) electrons. The number of hydrogen-bond donors (Lipinski definition) is 2. The van der Waals surface area contributed by atoms with Crippen LogP contribution in [0.15, 0.2) is 30.3 Å². The molecule has 0 atom stereocenters. The SMILES string of the molecule is CCOC(=O)Nc1cc([N+](=O)[O-])c(CCO)c2ccccc12. The number of nitrogens with one attached hydrogen (secondary N) is 1. The summed E-state index contributed by atoms with van der Waals surface area (Å²) in [4.78, 5) is 22.4. The van der Waals surface area contributed by atoms with E-state index in [4.69, 9.17) is 9.84 Å². The number of rotatable bonds is 5. The Labute approximate surface area is 126 Å². The number of nitro benzene ring substituents is 1. The molecule has 0 aliphatic rings. The van der Waals surface area contributed by atoms with Gasteiger partial charge in [-0.2, -0.15) is 0 Å². The summed E-state index contributed by atoms with van der Waals surface area (Å²) < 4.78 is 4.81. The molecule has 0 heterocycles. The van der Waals surface area contributed by atoms with Crippen molar-refractivity contribution in [2.45, 2.75) is 13.3 Å². The summed E-state index contributed by atoms with van der Waals surface area (Å²) in [6.45, 7) is 1.68. The van der Waals surface area contributed by atoms with Crippen molar-refractivity contribution in [3.63, 3.8) is 0 Å². The van der Waals surface area contributed by atoms with Crippen molar-refractivity contribution in [3.05, 3.63) is 46.0 Å². The average molecular weight is 304 g/mol. The third-order valence-corrected chi connectivity index (χ3v) is 3.20. The number of anilines is 1. The summed E-state index contributed by atoms with van der Waals surface area (Å²) >= 11 is 0. The molecule has 0 aliphatic heterocycles. The highest BCUT2D eigenvalue weighted by molar-refractivity contribution is 6.03. The smallest absolute Gasteiger partial charge is 0.411 e. The van der Waals surface area contributed by atoms with Crippen molar-refractivity contribution >= 4 is 28.2 Å². The highest BCUT2D eigenvalue weighted by Crippen LogP contribution is 2.34. The molecule has 2 N–H and O–H groups in total. The van der Waals surface area contributed by atoms with Gasteiger partial charge in [0, 0.05) is 30.0 Å². The summed E-state index contributed by atoms with van der Waals surface area (Å²) in [5.74, 6) is 0. The first kappa shape index (κ1) is 15.7. The van der Waals surface area contributed by atoms with E-state index in [2.05, 4.69) is 5.32 Å². The first-order chi connectivity index (χ1) is 10.6. The minimum absolute atomic E-state index is 0.139. The zero-order valence-electron chi connectivity index (χ0n) is 12.0. The molecule has 0 aromatic heterocycles. The zero-order chi connectivity index (χ0) is 16.1. The Morgan fingerprint density at radius 3 is 2.64 bits per heavy atom. The second kappa shape index (κ2) is 6.86. The number of carbonyl (C=O) groups excluding carboxylic acids is 1. The monoisotopic (exact) mass is 304 g/mol. The summed E-state index contributed by atoms with van der Waals surface area (Å²) in [7, 11) is 0. The van der Waals surface area contributed by atoms with Crippen LogP contribution in [0.2, 0.25) is 0 Å². The third kappa shape index (κ3) is 3.15. The maximum atomic E-state index is 11.6. The third-order valence-electron chi connectivity index (χ3n) is 3.20. The van der Waals surface area contributed by atoms with Gasteiger partial charge in [0.1, 0.15) is 0 Å². The summed E-state index contributed by atoms with van der Waals surface area (Å²) in [5, 5.41) is 24.2. The molecule has 2 rings (SSSR count). The topological polar surface area (TPSA) is 102 Å². The lowest BCUT2D eigenvalue weighted by Crippen LogP contribution is -2.14. The number of fused-ring (bicyclic) bond motifs is 1. The van der Waals surface area contributed by atoms with E-state index in [0.29, 0.717) is 22.0 Å². The second-order valence-electron chi connectivity index (χ2n) is 4.54. The molecule has 0 saturated carbocycles. The number of hydrogen-bond acceptors (Lipinski definition) is 5. The molecule has 0 aliphatic carbocycles. The van der Waals surface area contributed by atoms with Gasteiger partial charge in [0.25, 0.3) is 5.69 Å². The van der Waals surface area contributed by atoms with E-state index in [1.165, 1.54) is 6.07 Å². The molecule has 116 valence electrons. The zero-order valence-corrected chi connectivity index (χ0v) is 12.0. The molecular weight excluding hydrogens is 288 g/mol. The van der Waals surface area contributed by atoms with Crippen LogP contribution in [0.3, 0.4) is 0 Å². The van der Waals surface area contributed by atoms with Crippen molar-refractivity contribution < 1.29 is 19.6 Å². The number of benzene rings is 2. The van der Waals surface area contributed by atoms with Crippen molar-refractivity contribution in [2.75, 3.05) is 18.5 Å². The largest absolute Gasteiger partial charge is 0.450 e. The van der Waals surface area contributed by atoms with Gasteiger partial charge in [0.15, 0.2) is 0 Å². The van der Waals surface area contributed by atoms with Crippen molar-refractivity contribution in [2.24, 2.45) is 0 Å². The van der Waals surface area contributed by atoms with Crippen LogP contribution >= 0.6 is 0 Å². The summed E-state index contributed by atoms with van der Waals surface area (Å²) in [5.41, 5.74) is 0.611. The Hall–Kier alpha value is -2.67. The Morgan fingerprint density at radius 2 is 2.05 bits per heavy atom. The lowest BCUT2D eigenvalue weighted by molar-refractivity contribution is -0.385. The second-order valence-corrected chi connectivity index (χ2v) is 4.54. The van der Waals surface area contributed by atoms with Crippen molar-refractivity contribution in [1.82, 2.24) is 0 Å². The molecule has 0 saturated heterocycles. The highest BCUT2D eigenvalue weighted by atomic mass is 16.6. The number of nitro groups is 1. The molecule has 0 bridgehead atoms. The lowest BCUT2D eigenvalue weighted by Gasteiger charge is -2.12. The van der Waals surface area contributed by atoms with Gasteiger partial charge in [-0.25, -0.2) is 4.79 Å². The van der Waals surface area contributed by atoms with Crippen LogP contribution in [0.25, 0.3) is 10.8 Å². The molecule has 0 fully saturated rings. The van der Waals surface area contributed by atoms with Crippen LogP contribution in [-0.2, 0) is 11.2 Å². The van der Waals surface area contributed by atoms with Gasteiger partial charge >= 0.3 is 6.09 Å². The number of aliphatic hydroxyl groups is 1. The number of nitrogens with zero attached hydrogens (tertiary/aromatic N) is 1. The van der Waals surface area contributed by atoms with Crippen LogP contribution in [0.4, 0.5) is 16.2 Å². The molecule has 22 heavy (non-hydrogen) atoms. The fourth-order valence-electron chi connectivity index (χ4n) is 2.34. The van der Waals surface area contributed by atoms with Crippen LogP contribution in [0.1, 0.15) is 12.5 Å². The van der Waals surface area contributed by atoms with E-state index in [-0.39, 0.29) is 25.3 Å². The van der Waals surface area contributed by atoms with Gasteiger partial charge < -0.3 is 9.84 Å². The molecule has 0 spiro atoms. The van der Waals surface area contributed by atoms with Crippen molar-refractivity contribution in [1.29, 1.82) is 0 Å². The molecule has 1 amide bonds. The molecule has 2 aromatic rings.